The first kappa shape index (κ1) is 19.6. The third kappa shape index (κ3) is 2.80. The third-order valence-electron chi connectivity index (χ3n) is 7.65. The van der Waals surface area contributed by atoms with Crippen molar-refractivity contribution in [3.63, 3.8) is 0 Å². The highest BCUT2D eigenvalue weighted by Crippen LogP contribution is 2.52. The first-order valence-electron chi connectivity index (χ1n) is 11.2. The Labute approximate surface area is 177 Å². The quantitative estimate of drug-likeness (QED) is 0.758. The van der Waals surface area contributed by atoms with Gasteiger partial charge in [0.2, 0.25) is 11.8 Å². The highest BCUT2D eigenvalue weighted by atomic mass is 16.5. The molecule has 4 aliphatic rings. The summed E-state index contributed by atoms with van der Waals surface area (Å²) in [6, 6.07) is 5.47. The summed E-state index contributed by atoms with van der Waals surface area (Å²) in [5, 5.41) is 10.1. The maximum absolute atomic E-state index is 13.6. The van der Waals surface area contributed by atoms with Crippen LogP contribution in [0.1, 0.15) is 37.8 Å². The van der Waals surface area contributed by atoms with E-state index in [1.54, 1.807) is 6.07 Å². The van der Waals surface area contributed by atoms with Crippen molar-refractivity contribution in [1.29, 1.82) is 0 Å². The predicted octanol–water partition coefficient (Wildman–Crippen LogP) is 2.50. The molecule has 30 heavy (non-hydrogen) atoms. The number of hydrogen-bond acceptors (Lipinski definition) is 4. The molecule has 1 aromatic carbocycles. The lowest BCUT2D eigenvalue weighted by atomic mass is 9.76. The molecule has 160 valence electrons. The highest BCUT2D eigenvalue weighted by molar-refractivity contribution is 5.93. The van der Waals surface area contributed by atoms with Crippen LogP contribution in [0.4, 0.5) is 0 Å². The monoisotopic (exact) mass is 410 g/mol. The summed E-state index contributed by atoms with van der Waals surface area (Å²) >= 11 is 0. The van der Waals surface area contributed by atoms with Gasteiger partial charge in [-0.05, 0) is 24.0 Å². The number of nitrogens with zero attached hydrogens (tertiary/aromatic N) is 2. The van der Waals surface area contributed by atoms with Crippen molar-refractivity contribution in [2.24, 2.45) is 17.8 Å². The maximum Gasteiger partial charge on any atom is 0.230 e. The summed E-state index contributed by atoms with van der Waals surface area (Å²) in [4.78, 5) is 30.7. The zero-order valence-corrected chi connectivity index (χ0v) is 17.7. The summed E-state index contributed by atoms with van der Waals surface area (Å²) in [6.07, 6.45) is 6.41. The van der Waals surface area contributed by atoms with Gasteiger partial charge in [-0.1, -0.05) is 51.0 Å². The highest BCUT2D eigenvalue weighted by Gasteiger charge is 2.67. The van der Waals surface area contributed by atoms with E-state index >= 15 is 0 Å². The molecule has 2 amide bonds. The average Bonchev–Trinajstić information content (AvgIpc) is 3.39. The topological polar surface area (TPSA) is 70.1 Å². The number of amides is 2. The number of phenols is 1. The third-order valence-corrected chi connectivity index (χ3v) is 7.65. The molecule has 0 aromatic heterocycles. The van der Waals surface area contributed by atoms with Crippen LogP contribution in [0, 0.1) is 17.8 Å². The number of benzene rings is 1. The molecule has 6 heteroatoms. The normalized spacial score (nSPS) is 31.6. The van der Waals surface area contributed by atoms with Crippen molar-refractivity contribution in [1.82, 2.24) is 9.80 Å². The molecule has 1 aromatic rings. The van der Waals surface area contributed by atoms with Gasteiger partial charge in [0.05, 0.1) is 24.5 Å². The lowest BCUT2D eigenvalue weighted by Gasteiger charge is -2.34. The number of ether oxygens (including phenoxy) is 1. The average molecular weight is 411 g/mol. The number of fused-ring (bicyclic) bond motifs is 2. The Bertz CT molecular complexity index is 908. The fraction of sp³-hybridized carbons (Fsp3) is 0.583. The first-order chi connectivity index (χ1) is 14.5. The minimum atomic E-state index is -0.639. The molecule has 2 bridgehead atoms. The molecule has 4 atom stereocenters. The van der Waals surface area contributed by atoms with Crippen LogP contribution in [-0.4, -0.2) is 58.1 Å². The Morgan fingerprint density at radius 3 is 2.90 bits per heavy atom. The van der Waals surface area contributed by atoms with E-state index in [-0.39, 0.29) is 17.9 Å². The van der Waals surface area contributed by atoms with Crippen molar-refractivity contribution in [3.05, 3.63) is 41.5 Å². The van der Waals surface area contributed by atoms with E-state index < -0.39 is 17.4 Å². The second kappa shape index (κ2) is 7.12. The molecule has 4 heterocycles. The van der Waals surface area contributed by atoms with Gasteiger partial charge in [0.15, 0.2) is 0 Å². The molecule has 0 unspecified atom stereocenters. The van der Waals surface area contributed by atoms with Gasteiger partial charge >= 0.3 is 0 Å². The molecule has 2 saturated heterocycles. The van der Waals surface area contributed by atoms with Crippen molar-refractivity contribution in [2.45, 2.75) is 51.4 Å². The number of aromatic hydroxyl groups is 1. The van der Waals surface area contributed by atoms with Crippen LogP contribution in [0.5, 0.6) is 5.75 Å². The Balaban J connectivity index is 1.37. The van der Waals surface area contributed by atoms with Crippen LogP contribution in [-0.2, 0) is 27.3 Å². The van der Waals surface area contributed by atoms with E-state index in [2.05, 4.69) is 13.8 Å². The summed E-state index contributed by atoms with van der Waals surface area (Å²) < 4.78 is 6.29. The van der Waals surface area contributed by atoms with Gasteiger partial charge < -0.3 is 19.6 Å². The van der Waals surface area contributed by atoms with E-state index in [4.69, 9.17) is 4.74 Å². The minimum absolute atomic E-state index is 0.00273. The van der Waals surface area contributed by atoms with Gasteiger partial charge in [-0.2, -0.15) is 0 Å². The van der Waals surface area contributed by atoms with Crippen LogP contribution in [0.25, 0.3) is 0 Å². The standard InChI is InChI=1S/C24H30N2O4/c1-3-15(4-2)12-26-14-24-10-8-19(30-24)20(21(24)23(26)29)22(28)25-11-9-17-16(13-25)6-5-7-18(17)27/h5-8,10,15,19-21,27H,3-4,9,11-14H2,1-2H3/t19-,20+,21-,24-/m0/s1. The van der Waals surface area contributed by atoms with Crippen molar-refractivity contribution < 1.29 is 19.4 Å². The number of phenolic OH excluding ortho intramolecular Hbond substituents is 1. The molecular weight excluding hydrogens is 380 g/mol. The Morgan fingerprint density at radius 2 is 2.13 bits per heavy atom. The number of carbonyl (C=O) groups excluding carboxylic acids is 2. The van der Waals surface area contributed by atoms with Crippen LogP contribution in [0.3, 0.4) is 0 Å². The number of likely N-dealkylation sites (tertiary alicyclic amines) is 1. The minimum Gasteiger partial charge on any atom is -0.508 e. The lowest BCUT2D eigenvalue weighted by molar-refractivity contribution is -0.144. The van der Waals surface area contributed by atoms with E-state index in [0.29, 0.717) is 37.7 Å². The van der Waals surface area contributed by atoms with Crippen LogP contribution in [0.15, 0.2) is 30.4 Å². The number of carbonyl (C=O) groups is 2. The second-order valence-electron chi connectivity index (χ2n) is 9.23. The zero-order chi connectivity index (χ0) is 21.0. The number of rotatable bonds is 5. The fourth-order valence-corrected chi connectivity index (χ4v) is 5.86. The Kier molecular flexibility index (Phi) is 4.65. The molecule has 0 saturated carbocycles. The van der Waals surface area contributed by atoms with Crippen molar-refractivity contribution >= 4 is 11.8 Å². The largest absolute Gasteiger partial charge is 0.508 e. The first-order valence-corrected chi connectivity index (χ1v) is 11.2. The molecule has 0 radical (unpaired) electrons. The molecule has 1 N–H and O–H groups in total. The fourth-order valence-electron chi connectivity index (χ4n) is 5.86. The molecule has 2 fully saturated rings. The second-order valence-corrected chi connectivity index (χ2v) is 9.23. The SMILES string of the molecule is CCC(CC)CN1C[C@]23C=C[C@H](O2)[C@@H](C(=O)N2CCc4c(O)cccc4C2)[C@H]3C1=O. The van der Waals surface area contributed by atoms with Crippen molar-refractivity contribution in [3.8, 4) is 5.75 Å². The van der Waals surface area contributed by atoms with Gasteiger partial charge in [0.1, 0.15) is 11.4 Å². The number of hydrogen-bond donors (Lipinski definition) is 1. The van der Waals surface area contributed by atoms with Crippen LogP contribution < -0.4 is 0 Å². The van der Waals surface area contributed by atoms with Crippen LogP contribution in [0.2, 0.25) is 0 Å². The molecule has 5 rings (SSSR count). The van der Waals surface area contributed by atoms with Gasteiger partial charge in [-0.25, -0.2) is 0 Å². The smallest absolute Gasteiger partial charge is 0.230 e. The van der Waals surface area contributed by atoms with Gasteiger partial charge in [-0.15, -0.1) is 0 Å². The lowest BCUT2D eigenvalue weighted by Crippen LogP contribution is -2.47. The Hall–Kier alpha value is -2.34. The zero-order valence-electron chi connectivity index (χ0n) is 17.7. The summed E-state index contributed by atoms with van der Waals surface area (Å²) in [6.45, 7) is 6.65. The van der Waals surface area contributed by atoms with E-state index in [0.717, 1.165) is 30.5 Å². The summed E-state index contributed by atoms with van der Waals surface area (Å²) in [5.41, 5.74) is 1.27. The van der Waals surface area contributed by atoms with Crippen molar-refractivity contribution in [2.75, 3.05) is 19.6 Å². The van der Waals surface area contributed by atoms with E-state index in [1.807, 2.05) is 34.1 Å². The predicted molar refractivity (Wildman–Crippen MR) is 112 cm³/mol. The molecule has 1 spiro atoms. The van der Waals surface area contributed by atoms with E-state index in [9.17, 15) is 14.7 Å². The Morgan fingerprint density at radius 1 is 1.33 bits per heavy atom. The molecular formula is C24H30N2O4. The summed E-state index contributed by atoms with van der Waals surface area (Å²) in [5.74, 6) is -0.0170. The maximum atomic E-state index is 13.6. The molecule has 4 aliphatic heterocycles. The van der Waals surface area contributed by atoms with E-state index in [1.165, 1.54) is 0 Å². The van der Waals surface area contributed by atoms with Gasteiger partial charge in [-0.3, -0.25) is 9.59 Å². The molecule has 6 nitrogen and oxygen atoms in total. The molecule has 0 aliphatic carbocycles. The summed E-state index contributed by atoms with van der Waals surface area (Å²) in [7, 11) is 0. The van der Waals surface area contributed by atoms with Gasteiger partial charge in [0, 0.05) is 25.2 Å². The van der Waals surface area contributed by atoms with Crippen LogP contribution >= 0.6 is 0 Å². The van der Waals surface area contributed by atoms with Gasteiger partial charge in [0.25, 0.3) is 0 Å².